The number of likely N-dealkylation sites (tertiary alicyclic amines) is 1. The highest BCUT2D eigenvalue weighted by Crippen LogP contribution is 2.30. The molecule has 0 bridgehead atoms. The molecule has 4 amide bonds. The Kier molecular flexibility index (Phi) is 15.8. The van der Waals surface area contributed by atoms with Crippen molar-refractivity contribution < 1.29 is 24.3 Å². The van der Waals surface area contributed by atoms with Crippen molar-refractivity contribution in [2.24, 2.45) is 11.3 Å². The molecule has 3 aromatic rings. The van der Waals surface area contributed by atoms with Crippen LogP contribution in [0.3, 0.4) is 0 Å². The molecule has 3 heterocycles. The number of anilines is 1. The Morgan fingerprint density at radius 3 is 2.23 bits per heavy atom. The minimum Gasteiger partial charge on any atom is -0.391 e. The lowest BCUT2D eigenvalue weighted by Gasteiger charge is -2.36. The van der Waals surface area contributed by atoms with E-state index in [2.05, 4.69) is 36.3 Å². The maximum absolute atomic E-state index is 14.1. The number of aliphatic hydroxyl groups is 1. The molecule has 0 unspecified atom stereocenters. The first kappa shape index (κ1) is 45.2. The van der Waals surface area contributed by atoms with E-state index in [1.54, 1.807) is 11.3 Å². The Bertz CT molecular complexity index is 1880. The van der Waals surface area contributed by atoms with Crippen molar-refractivity contribution in [2.75, 3.05) is 50.7 Å². The molecule has 3 aliphatic rings. The van der Waals surface area contributed by atoms with E-state index in [4.69, 9.17) is 0 Å². The summed E-state index contributed by atoms with van der Waals surface area (Å²) in [6, 6.07) is 13.9. The van der Waals surface area contributed by atoms with Crippen molar-refractivity contribution in [3.05, 3.63) is 70.9 Å². The second-order valence-electron chi connectivity index (χ2n) is 18.1. The third-order valence-corrected chi connectivity index (χ3v) is 13.1. The van der Waals surface area contributed by atoms with Crippen LogP contribution in [-0.4, -0.2) is 108 Å². The van der Waals surface area contributed by atoms with Gasteiger partial charge in [0.05, 0.1) is 28.2 Å². The molecule has 1 saturated carbocycles. The first-order chi connectivity index (χ1) is 28.8. The normalized spacial score (nSPS) is 19.5. The fourth-order valence-electron chi connectivity index (χ4n) is 8.12. The van der Waals surface area contributed by atoms with E-state index in [9.17, 15) is 24.3 Å². The Balaban J connectivity index is 0.872. The van der Waals surface area contributed by atoms with Crippen LogP contribution in [0, 0.1) is 18.3 Å². The average molecular weight is 843 g/mol. The molecule has 4 atom stereocenters. The molecule has 0 radical (unpaired) electrons. The monoisotopic (exact) mass is 842 g/mol. The number of carbonyl (C=O) groups is 4. The van der Waals surface area contributed by atoms with Crippen molar-refractivity contribution in [1.29, 1.82) is 0 Å². The Hall–Kier alpha value is -4.37. The Morgan fingerprint density at radius 1 is 0.900 bits per heavy atom. The molecular formula is C46H66N8O5S. The number of hydrogen-bond donors (Lipinski definition) is 5. The molecule has 5 N–H and O–H groups in total. The number of aryl methyl sites for hydroxylation is 1. The van der Waals surface area contributed by atoms with Gasteiger partial charge in [-0.1, -0.05) is 64.3 Å². The molecule has 326 valence electrons. The number of nitrogens with zero attached hydrogens (tertiary/aromatic N) is 4. The largest absolute Gasteiger partial charge is 0.391 e. The van der Waals surface area contributed by atoms with Crippen LogP contribution in [0.4, 0.5) is 5.69 Å². The van der Waals surface area contributed by atoms with Crippen LogP contribution in [0.15, 0.2) is 54.0 Å². The number of aliphatic hydroxyl groups excluding tert-OH is 1. The minimum absolute atomic E-state index is 0.0416. The van der Waals surface area contributed by atoms with Crippen LogP contribution in [0.25, 0.3) is 10.4 Å². The summed E-state index contributed by atoms with van der Waals surface area (Å²) in [6.45, 7) is 15.5. The number of thiazole rings is 1. The fourth-order valence-corrected chi connectivity index (χ4v) is 8.93. The molecule has 2 saturated heterocycles. The molecule has 60 heavy (non-hydrogen) atoms. The van der Waals surface area contributed by atoms with E-state index in [-0.39, 0.29) is 42.6 Å². The number of amides is 4. The molecule has 2 aromatic carbocycles. The zero-order chi connectivity index (χ0) is 42.8. The third kappa shape index (κ3) is 12.6. The maximum atomic E-state index is 14.1. The molecular weight excluding hydrogens is 777 g/mol. The number of β-amino-alcohol motifs (C(OH)–C–C–N with tert-alkyl or cyclic N) is 1. The van der Waals surface area contributed by atoms with E-state index in [1.165, 1.54) is 17.7 Å². The summed E-state index contributed by atoms with van der Waals surface area (Å²) < 4.78 is 0. The molecule has 13 nitrogen and oxygen atoms in total. The predicted octanol–water partition coefficient (Wildman–Crippen LogP) is 5.60. The van der Waals surface area contributed by atoms with Crippen molar-refractivity contribution in [2.45, 2.75) is 117 Å². The van der Waals surface area contributed by atoms with Crippen LogP contribution in [0.1, 0.15) is 113 Å². The number of nitrogens with one attached hydrogen (secondary N) is 4. The standard InChI is InChI=1S/C46H66N8O5S/c1-31(34-14-16-35(17-15-34)41-32(2)47-30-60-41)49-44(58)39-27-38(55)29-54(39)45(59)42(46(3,4)5)50-40(56)11-9-7-6-8-10-22-52-23-25-53(26-24-52)37-20-18-36(19-21-37)43(57)51-48-28-33-12-13-33/h14-21,30-31,33,38-39,42,48,55H,6-13,22-29H2,1-5H3,(H,49,58)(H,50,56)(H,51,57)/t31-,38+,39-,42+/m0/s1. The molecule has 3 fully saturated rings. The van der Waals surface area contributed by atoms with E-state index in [0.29, 0.717) is 17.9 Å². The molecule has 1 aromatic heterocycles. The highest BCUT2D eigenvalue weighted by molar-refractivity contribution is 7.13. The number of hydrazine groups is 1. The van der Waals surface area contributed by atoms with Gasteiger partial charge in [-0.25, -0.2) is 10.4 Å². The topological polar surface area (TPSA) is 159 Å². The van der Waals surface area contributed by atoms with E-state index in [0.717, 1.165) is 98.8 Å². The predicted molar refractivity (Wildman–Crippen MR) is 237 cm³/mol. The number of unbranched alkanes of at least 4 members (excludes halogenated alkanes) is 4. The Labute approximate surface area is 360 Å². The van der Waals surface area contributed by atoms with Gasteiger partial charge in [0.25, 0.3) is 5.91 Å². The summed E-state index contributed by atoms with van der Waals surface area (Å²) in [6.07, 6.45) is 7.06. The summed E-state index contributed by atoms with van der Waals surface area (Å²) in [5.41, 5.74) is 11.9. The van der Waals surface area contributed by atoms with Gasteiger partial charge < -0.3 is 25.5 Å². The summed E-state index contributed by atoms with van der Waals surface area (Å²) in [4.78, 5) is 65.1. The first-order valence-corrected chi connectivity index (χ1v) is 22.8. The van der Waals surface area contributed by atoms with Gasteiger partial charge in [-0.2, -0.15) is 0 Å². The van der Waals surface area contributed by atoms with Gasteiger partial charge in [0.2, 0.25) is 17.7 Å². The highest BCUT2D eigenvalue weighted by Gasteiger charge is 2.44. The van der Waals surface area contributed by atoms with Crippen LogP contribution >= 0.6 is 11.3 Å². The highest BCUT2D eigenvalue weighted by atomic mass is 32.1. The SMILES string of the molecule is Cc1ncsc1-c1ccc([C@H](C)NC(=O)[C@@H]2C[C@@H](O)CN2C(=O)[C@@H](NC(=O)CCCCCCCN2CCN(c3ccc(C(=O)NNCC4CC4)cc3)CC2)C(C)(C)C)cc1. The quantitative estimate of drug-likeness (QED) is 0.0766. The van der Waals surface area contributed by atoms with Crippen LogP contribution < -0.4 is 26.4 Å². The number of hydrogen-bond acceptors (Lipinski definition) is 10. The van der Waals surface area contributed by atoms with Crippen molar-refractivity contribution in [3.63, 3.8) is 0 Å². The molecule has 6 rings (SSSR count). The summed E-state index contributed by atoms with van der Waals surface area (Å²) in [7, 11) is 0. The van der Waals surface area contributed by atoms with Gasteiger partial charge in [0, 0.05) is 63.4 Å². The molecule has 0 spiro atoms. The first-order valence-electron chi connectivity index (χ1n) is 22.0. The van der Waals surface area contributed by atoms with E-state index < -0.39 is 23.6 Å². The number of piperazine rings is 1. The fraction of sp³-hybridized carbons (Fsp3) is 0.587. The van der Waals surface area contributed by atoms with Gasteiger partial charge >= 0.3 is 0 Å². The van der Waals surface area contributed by atoms with E-state index in [1.807, 2.05) is 88.7 Å². The lowest BCUT2D eigenvalue weighted by atomic mass is 9.85. The zero-order valence-corrected chi connectivity index (χ0v) is 37.0. The smallest absolute Gasteiger partial charge is 0.265 e. The van der Waals surface area contributed by atoms with Gasteiger partial charge in [0.1, 0.15) is 12.1 Å². The summed E-state index contributed by atoms with van der Waals surface area (Å²) in [5.74, 6) is -0.239. The van der Waals surface area contributed by atoms with Crippen LogP contribution in [-0.2, 0) is 14.4 Å². The minimum atomic E-state index is -0.837. The van der Waals surface area contributed by atoms with Gasteiger partial charge in [0.15, 0.2) is 0 Å². The molecule has 14 heteroatoms. The second kappa shape index (κ2) is 20.9. The molecule has 1 aliphatic carbocycles. The number of rotatable bonds is 19. The second-order valence-corrected chi connectivity index (χ2v) is 18.9. The summed E-state index contributed by atoms with van der Waals surface area (Å²) >= 11 is 1.59. The lowest BCUT2D eigenvalue weighted by Crippen LogP contribution is -2.57. The molecule has 2 aliphatic heterocycles. The third-order valence-electron chi connectivity index (χ3n) is 12.1. The van der Waals surface area contributed by atoms with Crippen LogP contribution in [0.5, 0.6) is 0 Å². The zero-order valence-electron chi connectivity index (χ0n) is 36.2. The van der Waals surface area contributed by atoms with Crippen LogP contribution in [0.2, 0.25) is 0 Å². The van der Waals surface area contributed by atoms with Crippen molar-refractivity contribution in [1.82, 2.24) is 36.3 Å². The van der Waals surface area contributed by atoms with Gasteiger partial charge in [-0.05, 0) is 92.8 Å². The Morgan fingerprint density at radius 2 is 1.58 bits per heavy atom. The van der Waals surface area contributed by atoms with Gasteiger partial charge in [-0.3, -0.25) is 29.5 Å². The summed E-state index contributed by atoms with van der Waals surface area (Å²) in [5, 5.41) is 16.7. The number of carbonyl (C=O) groups excluding carboxylic acids is 4. The lowest BCUT2D eigenvalue weighted by molar-refractivity contribution is -0.144. The average Bonchev–Trinajstić information content (AvgIpc) is 3.82. The van der Waals surface area contributed by atoms with Crippen molar-refractivity contribution in [3.8, 4) is 10.4 Å². The maximum Gasteiger partial charge on any atom is 0.265 e. The van der Waals surface area contributed by atoms with Gasteiger partial charge in [-0.15, -0.1) is 11.3 Å². The number of aromatic nitrogens is 1. The van der Waals surface area contributed by atoms with Crippen molar-refractivity contribution >= 4 is 40.7 Å². The number of benzene rings is 2. The van der Waals surface area contributed by atoms with E-state index >= 15 is 0 Å².